The van der Waals surface area contributed by atoms with Crippen molar-refractivity contribution < 1.29 is 4.52 Å². The standard InChI is InChI=1S/C20H17N3OS/c1-13-18(14(2)24-23-13)12-25-20-17-11-7-6-10-16(17)19(21-22-20)15-8-4-3-5-9-15/h3-11H,12H2,1-2H3. The molecule has 0 aliphatic rings. The largest absolute Gasteiger partial charge is 0.361 e. The quantitative estimate of drug-likeness (QED) is 0.475. The van der Waals surface area contributed by atoms with Crippen LogP contribution < -0.4 is 0 Å². The van der Waals surface area contributed by atoms with Crippen LogP contribution in [0.5, 0.6) is 0 Å². The number of thioether (sulfide) groups is 1. The van der Waals surface area contributed by atoms with Crippen LogP contribution in [0, 0.1) is 13.8 Å². The SMILES string of the molecule is Cc1noc(C)c1CSc1nnc(-c2ccccc2)c2ccccc12. The molecule has 2 heterocycles. The monoisotopic (exact) mass is 347 g/mol. The maximum atomic E-state index is 5.25. The Kier molecular flexibility index (Phi) is 4.24. The van der Waals surface area contributed by atoms with Crippen molar-refractivity contribution >= 4 is 22.5 Å². The molecule has 0 unspecified atom stereocenters. The Labute approximate surface area is 150 Å². The van der Waals surface area contributed by atoms with Crippen LogP contribution in [0.4, 0.5) is 0 Å². The Morgan fingerprint density at radius 3 is 2.32 bits per heavy atom. The van der Waals surface area contributed by atoms with Crippen LogP contribution in [0.1, 0.15) is 17.0 Å². The topological polar surface area (TPSA) is 51.8 Å². The molecule has 5 heteroatoms. The van der Waals surface area contributed by atoms with Crippen molar-refractivity contribution in [1.29, 1.82) is 0 Å². The highest BCUT2D eigenvalue weighted by molar-refractivity contribution is 7.98. The summed E-state index contributed by atoms with van der Waals surface area (Å²) in [7, 11) is 0. The van der Waals surface area contributed by atoms with Crippen molar-refractivity contribution in [2.45, 2.75) is 24.6 Å². The number of aromatic nitrogens is 3. The van der Waals surface area contributed by atoms with Gasteiger partial charge in [0.2, 0.25) is 0 Å². The summed E-state index contributed by atoms with van der Waals surface area (Å²) in [5.74, 6) is 1.63. The summed E-state index contributed by atoms with van der Waals surface area (Å²) in [6.07, 6.45) is 0. The maximum absolute atomic E-state index is 5.25. The van der Waals surface area contributed by atoms with Crippen molar-refractivity contribution in [3.05, 3.63) is 71.6 Å². The van der Waals surface area contributed by atoms with Crippen LogP contribution in [-0.4, -0.2) is 15.4 Å². The predicted molar refractivity (Wildman–Crippen MR) is 101 cm³/mol. The van der Waals surface area contributed by atoms with Gasteiger partial charge in [-0.15, -0.1) is 10.2 Å². The third-order valence-electron chi connectivity index (χ3n) is 4.24. The third kappa shape index (κ3) is 3.03. The first-order valence-electron chi connectivity index (χ1n) is 8.09. The Morgan fingerprint density at radius 2 is 1.60 bits per heavy atom. The number of hydrogen-bond donors (Lipinski definition) is 0. The molecule has 0 amide bonds. The summed E-state index contributed by atoms with van der Waals surface area (Å²) >= 11 is 1.67. The van der Waals surface area contributed by atoms with Crippen LogP contribution in [0.25, 0.3) is 22.0 Å². The molecule has 124 valence electrons. The first-order valence-corrected chi connectivity index (χ1v) is 9.08. The van der Waals surface area contributed by atoms with Gasteiger partial charge in [-0.25, -0.2) is 0 Å². The van der Waals surface area contributed by atoms with Gasteiger partial charge in [0.25, 0.3) is 0 Å². The van der Waals surface area contributed by atoms with E-state index in [1.54, 1.807) is 11.8 Å². The molecule has 0 saturated heterocycles. The molecule has 25 heavy (non-hydrogen) atoms. The summed E-state index contributed by atoms with van der Waals surface area (Å²) < 4.78 is 5.25. The number of nitrogens with zero attached hydrogens (tertiary/aromatic N) is 3. The first-order chi connectivity index (χ1) is 12.2. The van der Waals surface area contributed by atoms with Gasteiger partial charge in [-0.2, -0.15) is 0 Å². The van der Waals surface area contributed by atoms with E-state index in [-0.39, 0.29) is 0 Å². The average molecular weight is 347 g/mol. The molecule has 0 saturated carbocycles. The molecule has 0 fully saturated rings. The van der Waals surface area contributed by atoms with Gasteiger partial charge in [0.1, 0.15) is 16.5 Å². The van der Waals surface area contributed by atoms with Crippen molar-refractivity contribution in [2.24, 2.45) is 0 Å². The van der Waals surface area contributed by atoms with E-state index in [1.807, 2.05) is 44.2 Å². The van der Waals surface area contributed by atoms with E-state index in [0.717, 1.165) is 49.8 Å². The van der Waals surface area contributed by atoms with E-state index < -0.39 is 0 Å². The predicted octanol–water partition coefficient (Wildman–Crippen LogP) is 5.19. The van der Waals surface area contributed by atoms with Gasteiger partial charge in [-0.05, 0) is 13.8 Å². The smallest absolute Gasteiger partial charge is 0.137 e. The highest BCUT2D eigenvalue weighted by Crippen LogP contribution is 2.33. The van der Waals surface area contributed by atoms with E-state index in [9.17, 15) is 0 Å². The van der Waals surface area contributed by atoms with Crippen LogP contribution in [0.15, 0.2) is 64.1 Å². The Hall–Kier alpha value is -2.66. The molecular weight excluding hydrogens is 330 g/mol. The number of fused-ring (bicyclic) bond motifs is 1. The zero-order valence-corrected chi connectivity index (χ0v) is 14.9. The maximum Gasteiger partial charge on any atom is 0.137 e. The second-order valence-electron chi connectivity index (χ2n) is 5.86. The molecule has 4 rings (SSSR count). The summed E-state index contributed by atoms with van der Waals surface area (Å²) in [4.78, 5) is 0. The average Bonchev–Trinajstić information content (AvgIpc) is 2.98. The normalized spacial score (nSPS) is 11.1. The second kappa shape index (κ2) is 6.69. The lowest BCUT2D eigenvalue weighted by atomic mass is 10.1. The number of rotatable bonds is 4. The lowest BCUT2D eigenvalue weighted by molar-refractivity contribution is 0.392. The fourth-order valence-corrected chi connectivity index (χ4v) is 3.97. The summed E-state index contributed by atoms with van der Waals surface area (Å²) in [5, 5.41) is 16.2. The van der Waals surface area contributed by atoms with Crippen molar-refractivity contribution in [3.8, 4) is 11.3 Å². The molecule has 0 aliphatic carbocycles. The summed E-state index contributed by atoms with van der Waals surface area (Å²) in [6.45, 7) is 3.91. The van der Waals surface area contributed by atoms with Crippen LogP contribution in [0.3, 0.4) is 0 Å². The van der Waals surface area contributed by atoms with Gasteiger partial charge in [-0.3, -0.25) is 0 Å². The van der Waals surface area contributed by atoms with Gasteiger partial charge in [0.05, 0.1) is 5.69 Å². The van der Waals surface area contributed by atoms with Crippen molar-refractivity contribution in [3.63, 3.8) is 0 Å². The molecular formula is C20H17N3OS. The molecule has 0 N–H and O–H groups in total. The minimum absolute atomic E-state index is 0.768. The number of benzene rings is 2. The first kappa shape index (κ1) is 15.8. The number of aryl methyl sites for hydroxylation is 2. The minimum Gasteiger partial charge on any atom is -0.361 e. The summed E-state index contributed by atoms with van der Waals surface area (Å²) in [5.41, 5.74) is 4.05. The van der Waals surface area contributed by atoms with Crippen LogP contribution in [0.2, 0.25) is 0 Å². The van der Waals surface area contributed by atoms with Crippen LogP contribution in [-0.2, 0) is 5.75 Å². The molecule has 0 bridgehead atoms. The van der Waals surface area contributed by atoms with E-state index in [2.05, 4.69) is 39.6 Å². The highest BCUT2D eigenvalue weighted by Gasteiger charge is 2.14. The van der Waals surface area contributed by atoms with E-state index in [0.29, 0.717) is 0 Å². The Balaban J connectivity index is 1.74. The molecule has 0 aliphatic heterocycles. The van der Waals surface area contributed by atoms with Gasteiger partial charge in [-0.1, -0.05) is 71.5 Å². The lowest BCUT2D eigenvalue weighted by Crippen LogP contribution is -1.94. The third-order valence-corrected chi connectivity index (χ3v) is 5.24. The van der Waals surface area contributed by atoms with Crippen molar-refractivity contribution in [2.75, 3.05) is 0 Å². The molecule has 4 nitrogen and oxygen atoms in total. The molecule has 0 spiro atoms. The minimum atomic E-state index is 0.768. The van der Waals surface area contributed by atoms with Gasteiger partial charge < -0.3 is 4.52 Å². The number of hydrogen-bond acceptors (Lipinski definition) is 5. The zero-order chi connectivity index (χ0) is 17.2. The molecule has 2 aromatic carbocycles. The fourth-order valence-electron chi connectivity index (χ4n) is 2.84. The lowest BCUT2D eigenvalue weighted by Gasteiger charge is -2.09. The van der Waals surface area contributed by atoms with E-state index in [1.165, 1.54) is 0 Å². The molecule has 2 aromatic heterocycles. The van der Waals surface area contributed by atoms with E-state index >= 15 is 0 Å². The molecule has 4 aromatic rings. The second-order valence-corrected chi connectivity index (χ2v) is 6.82. The Morgan fingerprint density at radius 1 is 0.880 bits per heavy atom. The fraction of sp³-hybridized carbons (Fsp3) is 0.150. The van der Waals surface area contributed by atoms with Gasteiger partial charge >= 0.3 is 0 Å². The highest BCUT2D eigenvalue weighted by atomic mass is 32.2. The van der Waals surface area contributed by atoms with E-state index in [4.69, 9.17) is 4.52 Å². The van der Waals surface area contributed by atoms with Crippen molar-refractivity contribution in [1.82, 2.24) is 15.4 Å². The zero-order valence-electron chi connectivity index (χ0n) is 14.1. The summed E-state index contributed by atoms with van der Waals surface area (Å²) in [6, 6.07) is 18.5. The Bertz CT molecular complexity index is 1010. The molecule has 0 radical (unpaired) electrons. The van der Waals surface area contributed by atoms with Crippen LogP contribution >= 0.6 is 11.8 Å². The molecule has 0 atom stereocenters. The van der Waals surface area contributed by atoms with Gasteiger partial charge in [0.15, 0.2) is 0 Å². The van der Waals surface area contributed by atoms with Gasteiger partial charge in [0, 0.05) is 27.7 Å².